The summed E-state index contributed by atoms with van der Waals surface area (Å²) < 4.78 is 10.4. The quantitative estimate of drug-likeness (QED) is 0.680. The molecule has 0 fully saturated rings. The lowest BCUT2D eigenvalue weighted by Gasteiger charge is -2.07. The second kappa shape index (κ2) is 7.47. The van der Waals surface area contributed by atoms with Crippen LogP contribution in [0.3, 0.4) is 0 Å². The van der Waals surface area contributed by atoms with Crippen LogP contribution in [0.25, 0.3) is 0 Å². The first-order valence-electron chi connectivity index (χ1n) is 6.45. The van der Waals surface area contributed by atoms with Crippen LogP contribution >= 0.6 is 11.6 Å². The van der Waals surface area contributed by atoms with E-state index in [0.29, 0.717) is 22.1 Å². The summed E-state index contributed by atoms with van der Waals surface area (Å²) >= 11 is 5.77. The van der Waals surface area contributed by atoms with E-state index < -0.39 is 0 Å². The molecule has 0 aliphatic heterocycles. The Balaban J connectivity index is 2.06. The predicted octanol–water partition coefficient (Wildman–Crippen LogP) is 3.12. The van der Waals surface area contributed by atoms with Crippen molar-refractivity contribution in [2.75, 3.05) is 14.2 Å². The van der Waals surface area contributed by atoms with Crippen molar-refractivity contribution >= 4 is 23.7 Å². The summed E-state index contributed by atoms with van der Waals surface area (Å²) in [5.41, 5.74) is 3.64. The van der Waals surface area contributed by atoms with Crippen LogP contribution in [0.1, 0.15) is 15.9 Å². The second-order valence-corrected chi connectivity index (χ2v) is 4.75. The Morgan fingerprint density at radius 1 is 1.14 bits per heavy atom. The first-order valence-corrected chi connectivity index (χ1v) is 6.83. The van der Waals surface area contributed by atoms with Crippen molar-refractivity contribution in [2.24, 2.45) is 5.10 Å². The minimum atomic E-state index is -0.319. The summed E-state index contributed by atoms with van der Waals surface area (Å²) in [5.74, 6) is 0.962. The highest BCUT2D eigenvalue weighted by Gasteiger charge is 2.05. The summed E-state index contributed by atoms with van der Waals surface area (Å²) in [6.07, 6.45) is 1.51. The molecule has 0 radical (unpaired) electrons. The largest absolute Gasteiger partial charge is 0.497 e. The molecule has 0 heterocycles. The summed E-state index contributed by atoms with van der Waals surface area (Å²) in [7, 11) is 3.13. The number of hydrogen-bond donors (Lipinski definition) is 1. The fraction of sp³-hybridized carbons (Fsp3) is 0.125. The van der Waals surface area contributed by atoms with Crippen molar-refractivity contribution in [2.45, 2.75) is 0 Å². The minimum Gasteiger partial charge on any atom is -0.497 e. The van der Waals surface area contributed by atoms with Crippen molar-refractivity contribution in [3.05, 3.63) is 58.6 Å². The number of nitrogens with zero attached hydrogens (tertiary/aromatic N) is 1. The van der Waals surface area contributed by atoms with Gasteiger partial charge >= 0.3 is 0 Å². The van der Waals surface area contributed by atoms with Crippen LogP contribution in [0.15, 0.2) is 47.6 Å². The molecule has 5 nitrogen and oxygen atoms in total. The minimum absolute atomic E-state index is 0.319. The lowest BCUT2D eigenvalue weighted by molar-refractivity contribution is 0.0955. The molecule has 6 heteroatoms. The van der Waals surface area contributed by atoms with Gasteiger partial charge in [0.25, 0.3) is 5.91 Å². The maximum absolute atomic E-state index is 11.9. The monoisotopic (exact) mass is 318 g/mol. The van der Waals surface area contributed by atoms with Crippen molar-refractivity contribution in [3.63, 3.8) is 0 Å². The van der Waals surface area contributed by atoms with Gasteiger partial charge in [0.05, 0.1) is 20.4 Å². The lowest BCUT2D eigenvalue weighted by atomic mass is 10.2. The molecule has 0 unspecified atom stereocenters. The van der Waals surface area contributed by atoms with E-state index in [2.05, 4.69) is 10.5 Å². The van der Waals surface area contributed by atoms with E-state index in [1.54, 1.807) is 56.7 Å². The number of methoxy groups -OCH3 is 2. The van der Waals surface area contributed by atoms with E-state index in [0.717, 1.165) is 5.56 Å². The Hall–Kier alpha value is -2.53. The molecule has 2 rings (SSSR count). The molecule has 1 amide bonds. The maximum atomic E-state index is 11.9. The first kappa shape index (κ1) is 15.9. The molecule has 2 aromatic carbocycles. The molecule has 0 bridgehead atoms. The molecule has 0 aromatic heterocycles. The topological polar surface area (TPSA) is 59.9 Å². The highest BCUT2D eigenvalue weighted by molar-refractivity contribution is 6.30. The standard InChI is InChI=1S/C16H15ClN2O3/c1-21-14-8-5-12(15(9-14)22-2)10-18-19-16(20)11-3-6-13(17)7-4-11/h3-10H,1-2H3,(H,19,20). The fourth-order valence-electron chi connectivity index (χ4n) is 1.75. The maximum Gasteiger partial charge on any atom is 0.271 e. The van der Waals surface area contributed by atoms with Crippen LogP contribution in [-0.4, -0.2) is 26.3 Å². The molecule has 0 spiro atoms. The molecule has 0 aliphatic rings. The van der Waals surface area contributed by atoms with Crippen LogP contribution in [-0.2, 0) is 0 Å². The van der Waals surface area contributed by atoms with Crippen LogP contribution in [0.5, 0.6) is 11.5 Å². The molecule has 114 valence electrons. The van der Waals surface area contributed by atoms with Crippen LogP contribution in [0.2, 0.25) is 5.02 Å². The van der Waals surface area contributed by atoms with E-state index in [-0.39, 0.29) is 5.91 Å². The zero-order chi connectivity index (χ0) is 15.9. The van der Waals surface area contributed by atoms with Crippen molar-refractivity contribution in [3.8, 4) is 11.5 Å². The van der Waals surface area contributed by atoms with E-state index in [1.807, 2.05) is 0 Å². The van der Waals surface area contributed by atoms with Crippen LogP contribution < -0.4 is 14.9 Å². The number of benzene rings is 2. The van der Waals surface area contributed by atoms with Gasteiger partial charge in [-0.05, 0) is 36.4 Å². The Bertz CT molecular complexity index is 684. The average molecular weight is 319 g/mol. The number of nitrogens with one attached hydrogen (secondary N) is 1. The Labute approximate surface area is 133 Å². The van der Waals surface area contributed by atoms with Crippen molar-refractivity contribution in [1.29, 1.82) is 0 Å². The van der Waals surface area contributed by atoms with Gasteiger partial charge in [-0.3, -0.25) is 4.79 Å². The number of halogens is 1. The molecular formula is C16H15ClN2O3. The third-order valence-electron chi connectivity index (χ3n) is 2.92. The van der Waals surface area contributed by atoms with Gasteiger partial charge in [0, 0.05) is 22.2 Å². The van der Waals surface area contributed by atoms with Gasteiger partial charge < -0.3 is 9.47 Å². The Morgan fingerprint density at radius 3 is 2.50 bits per heavy atom. The normalized spacial score (nSPS) is 10.5. The number of carbonyl (C=O) groups is 1. The summed E-state index contributed by atoms with van der Waals surface area (Å²) in [5, 5.41) is 4.50. The summed E-state index contributed by atoms with van der Waals surface area (Å²) in [6, 6.07) is 11.9. The summed E-state index contributed by atoms with van der Waals surface area (Å²) in [6.45, 7) is 0. The van der Waals surface area contributed by atoms with E-state index in [4.69, 9.17) is 21.1 Å². The van der Waals surface area contributed by atoms with E-state index in [1.165, 1.54) is 6.21 Å². The van der Waals surface area contributed by atoms with Gasteiger partial charge in [-0.1, -0.05) is 11.6 Å². The molecule has 2 aromatic rings. The van der Waals surface area contributed by atoms with Crippen LogP contribution in [0, 0.1) is 0 Å². The third kappa shape index (κ3) is 3.99. The van der Waals surface area contributed by atoms with Crippen molar-refractivity contribution in [1.82, 2.24) is 5.43 Å². The van der Waals surface area contributed by atoms with Crippen molar-refractivity contribution < 1.29 is 14.3 Å². The van der Waals surface area contributed by atoms with E-state index >= 15 is 0 Å². The average Bonchev–Trinajstić information content (AvgIpc) is 2.55. The van der Waals surface area contributed by atoms with Gasteiger partial charge in [0.2, 0.25) is 0 Å². The number of rotatable bonds is 5. The number of ether oxygens (including phenoxy) is 2. The molecular weight excluding hydrogens is 304 g/mol. The highest BCUT2D eigenvalue weighted by atomic mass is 35.5. The van der Waals surface area contributed by atoms with Gasteiger partial charge in [0.15, 0.2) is 0 Å². The molecule has 0 atom stereocenters. The zero-order valence-electron chi connectivity index (χ0n) is 12.2. The number of amides is 1. The smallest absolute Gasteiger partial charge is 0.271 e. The number of hydrazone groups is 1. The molecule has 22 heavy (non-hydrogen) atoms. The number of hydrogen-bond acceptors (Lipinski definition) is 4. The SMILES string of the molecule is COc1ccc(C=NNC(=O)c2ccc(Cl)cc2)c(OC)c1. The molecule has 0 saturated carbocycles. The number of carbonyl (C=O) groups excluding carboxylic acids is 1. The first-order chi connectivity index (χ1) is 10.6. The molecule has 1 N–H and O–H groups in total. The van der Waals surface area contributed by atoms with Gasteiger partial charge in [0.1, 0.15) is 11.5 Å². The van der Waals surface area contributed by atoms with Gasteiger partial charge in [-0.25, -0.2) is 5.43 Å². The zero-order valence-corrected chi connectivity index (χ0v) is 12.9. The van der Waals surface area contributed by atoms with E-state index in [9.17, 15) is 4.79 Å². The Morgan fingerprint density at radius 2 is 1.86 bits per heavy atom. The molecule has 0 aliphatic carbocycles. The Kier molecular flexibility index (Phi) is 5.38. The molecule has 0 saturated heterocycles. The fourth-order valence-corrected chi connectivity index (χ4v) is 1.88. The van der Waals surface area contributed by atoms with Crippen LogP contribution in [0.4, 0.5) is 0 Å². The summed E-state index contributed by atoms with van der Waals surface area (Å²) in [4.78, 5) is 11.9. The second-order valence-electron chi connectivity index (χ2n) is 4.31. The van der Waals surface area contributed by atoms with Gasteiger partial charge in [-0.15, -0.1) is 0 Å². The highest BCUT2D eigenvalue weighted by Crippen LogP contribution is 2.22. The predicted molar refractivity (Wildman–Crippen MR) is 86.1 cm³/mol. The lowest BCUT2D eigenvalue weighted by Crippen LogP contribution is -2.17. The van der Waals surface area contributed by atoms with Gasteiger partial charge in [-0.2, -0.15) is 5.10 Å². The third-order valence-corrected chi connectivity index (χ3v) is 3.17.